The van der Waals surface area contributed by atoms with E-state index in [1.54, 1.807) is 6.08 Å². The van der Waals surface area contributed by atoms with Gasteiger partial charge in [0.2, 0.25) is 6.10 Å². The zero-order valence-corrected chi connectivity index (χ0v) is 14.8. The molecule has 0 radical (unpaired) electrons. The van der Waals surface area contributed by atoms with Crippen molar-refractivity contribution in [3.8, 4) is 5.75 Å². The van der Waals surface area contributed by atoms with Crippen molar-refractivity contribution in [2.75, 3.05) is 0 Å². The Morgan fingerprint density at radius 3 is 1.77 bits per heavy atom. The van der Waals surface area contributed by atoms with E-state index in [9.17, 15) is 4.79 Å². The molecule has 4 heteroatoms. The number of hydrogen-bond acceptors (Lipinski definition) is 3. The van der Waals surface area contributed by atoms with E-state index < -0.39 is 6.10 Å². The molecule has 1 heterocycles. The van der Waals surface area contributed by atoms with Crippen molar-refractivity contribution in [2.45, 2.75) is 20.8 Å². The topological polar surface area (TPSA) is 35.5 Å². The molecule has 3 aromatic carbocycles. The van der Waals surface area contributed by atoms with E-state index in [2.05, 4.69) is 60.7 Å². The highest BCUT2D eigenvalue weighted by Gasteiger charge is 2.29. The molecular weight excluding hydrogens is 344 g/mol. The number of hydrogen-bond donors (Lipinski definition) is 0. The molecule has 4 rings (SSSR count). The Balaban J connectivity index is 1.64. The second-order valence-electron chi connectivity index (χ2n) is 5.71. The average molecular weight is 361 g/mol. The molecule has 1 aliphatic heterocycles. The third kappa shape index (κ3) is 3.51. The van der Waals surface area contributed by atoms with Crippen LogP contribution in [-0.4, -0.2) is 12.1 Å². The van der Waals surface area contributed by atoms with Gasteiger partial charge >= 0.3 is 5.97 Å². The zero-order chi connectivity index (χ0) is 17.8. The molecular formula is C22H17O3S+. The average Bonchev–Trinajstić information content (AvgIpc) is 3.10. The van der Waals surface area contributed by atoms with Gasteiger partial charge in [0.1, 0.15) is 5.75 Å². The van der Waals surface area contributed by atoms with Gasteiger partial charge in [-0.1, -0.05) is 36.4 Å². The number of ether oxygens (including phenoxy) is 2. The summed E-state index contributed by atoms with van der Waals surface area (Å²) in [5.41, 5.74) is 0. The second kappa shape index (κ2) is 7.50. The number of cyclic esters (lactones) is 1. The van der Waals surface area contributed by atoms with E-state index in [1.165, 1.54) is 20.9 Å². The van der Waals surface area contributed by atoms with Gasteiger partial charge in [0.15, 0.2) is 14.7 Å². The van der Waals surface area contributed by atoms with Crippen LogP contribution in [0.15, 0.2) is 112 Å². The summed E-state index contributed by atoms with van der Waals surface area (Å²) in [4.78, 5) is 15.2. The fourth-order valence-electron chi connectivity index (χ4n) is 2.73. The molecule has 0 fully saturated rings. The molecule has 0 N–H and O–H groups in total. The van der Waals surface area contributed by atoms with E-state index >= 15 is 0 Å². The Kier molecular flexibility index (Phi) is 4.75. The standard InChI is InChI=1S/C22H17O3S/c23-22-21(15-16-24-22)25-17-11-13-20(14-12-17)26(18-7-3-1-4-8-18)19-9-5-2-6-10-19/h1-16,21H/q+1. The Labute approximate surface area is 155 Å². The lowest BCUT2D eigenvalue weighted by atomic mass is 10.3. The molecule has 1 aliphatic rings. The highest BCUT2D eigenvalue weighted by Crippen LogP contribution is 2.32. The summed E-state index contributed by atoms with van der Waals surface area (Å²) in [6.45, 7) is 0. The molecule has 0 aliphatic carbocycles. The van der Waals surface area contributed by atoms with Crippen LogP contribution in [0.2, 0.25) is 0 Å². The number of esters is 1. The minimum Gasteiger partial charge on any atom is -0.474 e. The zero-order valence-electron chi connectivity index (χ0n) is 13.9. The second-order valence-corrected chi connectivity index (χ2v) is 7.73. The number of rotatable bonds is 5. The lowest BCUT2D eigenvalue weighted by molar-refractivity contribution is -0.141. The summed E-state index contributed by atoms with van der Waals surface area (Å²) >= 11 is 0. The highest BCUT2D eigenvalue weighted by molar-refractivity contribution is 7.97. The number of carbonyl (C=O) groups is 1. The first kappa shape index (κ1) is 16.5. The van der Waals surface area contributed by atoms with E-state index in [4.69, 9.17) is 9.47 Å². The van der Waals surface area contributed by atoms with Crippen LogP contribution in [-0.2, 0) is 20.4 Å². The van der Waals surface area contributed by atoms with Crippen molar-refractivity contribution in [2.24, 2.45) is 0 Å². The lowest BCUT2D eigenvalue weighted by Crippen LogP contribution is -2.21. The van der Waals surface area contributed by atoms with Crippen LogP contribution in [0, 0.1) is 0 Å². The maximum absolute atomic E-state index is 11.5. The monoisotopic (exact) mass is 361 g/mol. The molecule has 1 atom stereocenters. The van der Waals surface area contributed by atoms with Crippen molar-refractivity contribution in [1.29, 1.82) is 0 Å². The Hall–Kier alpha value is -2.98. The van der Waals surface area contributed by atoms with Gasteiger partial charge < -0.3 is 9.47 Å². The first-order valence-electron chi connectivity index (χ1n) is 8.29. The van der Waals surface area contributed by atoms with E-state index in [-0.39, 0.29) is 16.9 Å². The van der Waals surface area contributed by atoms with Gasteiger partial charge in [0, 0.05) is 6.08 Å². The van der Waals surface area contributed by atoms with Crippen molar-refractivity contribution in [1.82, 2.24) is 0 Å². The largest absolute Gasteiger partial charge is 0.474 e. The fraction of sp³-hybridized carbons (Fsp3) is 0.0455. The molecule has 128 valence electrons. The first-order chi connectivity index (χ1) is 12.8. The fourth-order valence-corrected chi connectivity index (χ4v) is 4.82. The van der Waals surface area contributed by atoms with E-state index in [1.807, 2.05) is 24.3 Å². The van der Waals surface area contributed by atoms with Gasteiger partial charge in [0.05, 0.1) is 17.2 Å². The van der Waals surface area contributed by atoms with Crippen molar-refractivity contribution < 1.29 is 14.3 Å². The van der Waals surface area contributed by atoms with Gasteiger partial charge in [-0.3, -0.25) is 0 Å². The van der Waals surface area contributed by atoms with Gasteiger partial charge in [-0.05, 0) is 48.5 Å². The summed E-state index contributed by atoms with van der Waals surface area (Å²) in [6.07, 6.45) is 2.31. The normalized spacial score (nSPS) is 15.9. The molecule has 0 bridgehead atoms. The first-order valence-corrected chi connectivity index (χ1v) is 9.52. The highest BCUT2D eigenvalue weighted by atomic mass is 32.2. The van der Waals surface area contributed by atoms with Crippen LogP contribution in [0.1, 0.15) is 0 Å². The summed E-state index contributed by atoms with van der Waals surface area (Å²) in [7, 11) is -0.195. The Bertz CT molecular complexity index is 866. The van der Waals surface area contributed by atoms with Crippen LogP contribution in [0.5, 0.6) is 5.75 Å². The number of benzene rings is 3. The van der Waals surface area contributed by atoms with Crippen LogP contribution in [0.25, 0.3) is 0 Å². The van der Waals surface area contributed by atoms with E-state index in [0.29, 0.717) is 5.75 Å². The maximum Gasteiger partial charge on any atom is 0.356 e. The Morgan fingerprint density at radius 2 is 1.27 bits per heavy atom. The Morgan fingerprint density at radius 1 is 0.731 bits per heavy atom. The van der Waals surface area contributed by atoms with Crippen LogP contribution < -0.4 is 4.74 Å². The van der Waals surface area contributed by atoms with Gasteiger partial charge in [-0.15, -0.1) is 0 Å². The van der Waals surface area contributed by atoms with Gasteiger partial charge in [-0.25, -0.2) is 4.79 Å². The molecule has 0 saturated carbocycles. The minimum absolute atomic E-state index is 0.195. The predicted molar refractivity (Wildman–Crippen MR) is 101 cm³/mol. The van der Waals surface area contributed by atoms with Gasteiger partial charge in [0.25, 0.3) is 0 Å². The summed E-state index contributed by atoms with van der Waals surface area (Å²) in [6, 6.07) is 28.8. The molecule has 3 aromatic rings. The van der Waals surface area contributed by atoms with Crippen molar-refractivity contribution in [3.05, 3.63) is 97.3 Å². The smallest absolute Gasteiger partial charge is 0.356 e. The molecule has 0 spiro atoms. The van der Waals surface area contributed by atoms with Crippen LogP contribution in [0.3, 0.4) is 0 Å². The lowest BCUT2D eigenvalue weighted by Gasteiger charge is -2.11. The molecule has 0 saturated heterocycles. The summed E-state index contributed by atoms with van der Waals surface area (Å²) < 4.78 is 10.4. The predicted octanol–water partition coefficient (Wildman–Crippen LogP) is 4.60. The SMILES string of the molecule is O=C1OC=CC1Oc1ccc([S+](c2ccccc2)c2ccccc2)cc1. The molecule has 1 unspecified atom stereocenters. The summed E-state index contributed by atoms with van der Waals surface area (Å²) in [5, 5.41) is 0. The van der Waals surface area contributed by atoms with Crippen LogP contribution >= 0.6 is 0 Å². The van der Waals surface area contributed by atoms with E-state index in [0.717, 1.165) is 0 Å². The van der Waals surface area contributed by atoms with Crippen molar-refractivity contribution >= 4 is 16.9 Å². The quantitative estimate of drug-likeness (QED) is 0.492. The molecule has 26 heavy (non-hydrogen) atoms. The third-order valence-corrected chi connectivity index (χ3v) is 6.18. The van der Waals surface area contributed by atoms with Crippen molar-refractivity contribution in [3.63, 3.8) is 0 Å². The minimum atomic E-state index is -0.664. The molecule has 0 aromatic heterocycles. The third-order valence-electron chi connectivity index (χ3n) is 3.95. The number of carbonyl (C=O) groups excluding carboxylic acids is 1. The van der Waals surface area contributed by atoms with Crippen LogP contribution in [0.4, 0.5) is 0 Å². The summed E-state index contributed by atoms with van der Waals surface area (Å²) in [5.74, 6) is 0.259. The molecule has 0 amide bonds. The molecule has 3 nitrogen and oxygen atoms in total. The van der Waals surface area contributed by atoms with Gasteiger partial charge in [-0.2, -0.15) is 0 Å². The maximum atomic E-state index is 11.5.